The van der Waals surface area contributed by atoms with Crippen LogP contribution in [0.5, 0.6) is 0 Å². The van der Waals surface area contributed by atoms with Gasteiger partial charge >= 0.3 is 12.1 Å². The van der Waals surface area contributed by atoms with Crippen molar-refractivity contribution in [2.24, 2.45) is 5.10 Å². The van der Waals surface area contributed by atoms with Gasteiger partial charge in [0.15, 0.2) is 0 Å². The second kappa shape index (κ2) is 8.52. The molecule has 24 heavy (non-hydrogen) atoms. The summed E-state index contributed by atoms with van der Waals surface area (Å²) in [4.78, 5) is 22.7. The zero-order chi connectivity index (χ0) is 17.4. The van der Waals surface area contributed by atoms with Gasteiger partial charge in [-0.1, -0.05) is 12.1 Å². The van der Waals surface area contributed by atoms with E-state index in [4.69, 9.17) is 9.15 Å². The molecule has 2 aromatic rings. The van der Waals surface area contributed by atoms with E-state index >= 15 is 0 Å². The van der Waals surface area contributed by atoms with Crippen molar-refractivity contribution in [3.8, 4) is 11.3 Å². The van der Waals surface area contributed by atoms with Gasteiger partial charge in [0.25, 0.3) is 0 Å². The molecular weight excluding hydrogens is 312 g/mol. The highest BCUT2D eigenvalue weighted by Crippen LogP contribution is 2.22. The number of hydrazone groups is 1. The van der Waals surface area contributed by atoms with Crippen molar-refractivity contribution in [2.75, 3.05) is 13.2 Å². The van der Waals surface area contributed by atoms with Crippen LogP contribution in [0.25, 0.3) is 11.3 Å². The fourth-order valence-electron chi connectivity index (χ4n) is 1.87. The minimum Gasteiger partial charge on any atom is -0.462 e. The first-order valence-electron chi connectivity index (χ1n) is 7.47. The van der Waals surface area contributed by atoms with Crippen molar-refractivity contribution in [2.45, 2.75) is 13.8 Å². The number of rotatable bonds is 6. The zero-order valence-corrected chi connectivity index (χ0v) is 13.4. The molecule has 0 radical (unpaired) electrons. The summed E-state index contributed by atoms with van der Waals surface area (Å²) in [6.07, 6.45) is 0.739. The van der Waals surface area contributed by atoms with Crippen molar-refractivity contribution in [1.82, 2.24) is 5.43 Å². The molecule has 0 aliphatic heterocycles. The summed E-state index contributed by atoms with van der Waals surface area (Å²) < 4.78 is 15.2. The Bertz CT molecular complexity index is 719. The summed E-state index contributed by atoms with van der Waals surface area (Å²) in [6.45, 7) is 4.07. The van der Waals surface area contributed by atoms with Gasteiger partial charge in [-0.25, -0.2) is 15.0 Å². The third kappa shape index (κ3) is 4.70. The third-order valence-electron chi connectivity index (χ3n) is 2.93. The lowest BCUT2D eigenvalue weighted by atomic mass is 10.1. The highest BCUT2D eigenvalue weighted by Gasteiger charge is 2.08. The van der Waals surface area contributed by atoms with Crippen LogP contribution in [-0.4, -0.2) is 31.5 Å². The van der Waals surface area contributed by atoms with Gasteiger partial charge in [-0.15, -0.1) is 0 Å². The Labute approximate surface area is 139 Å². The average molecular weight is 330 g/mol. The van der Waals surface area contributed by atoms with E-state index in [1.54, 1.807) is 50.2 Å². The van der Waals surface area contributed by atoms with Crippen LogP contribution < -0.4 is 5.43 Å². The zero-order valence-electron chi connectivity index (χ0n) is 13.4. The number of nitrogens with zero attached hydrogens (tertiary/aromatic N) is 1. The van der Waals surface area contributed by atoms with Crippen LogP contribution in [-0.2, 0) is 9.47 Å². The molecular formula is C17H18N2O5. The lowest BCUT2D eigenvalue weighted by Gasteiger charge is -2.02. The van der Waals surface area contributed by atoms with Crippen LogP contribution in [0.2, 0.25) is 0 Å². The van der Waals surface area contributed by atoms with E-state index in [2.05, 4.69) is 15.3 Å². The fraction of sp³-hybridized carbons (Fsp3) is 0.235. The predicted octanol–water partition coefficient (Wildman–Crippen LogP) is 3.20. The Hall–Kier alpha value is -3.09. The van der Waals surface area contributed by atoms with E-state index in [1.807, 2.05) is 0 Å². The molecule has 7 nitrogen and oxygen atoms in total. The number of amides is 1. The lowest BCUT2D eigenvalue weighted by Crippen LogP contribution is -2.18. The fourth-order valence-corrected chi connectivity index (χ4v) is 1.87. The van der Waals surface area contributed by atoms with Crippen LogP contribution in [0.4, 0.5) is 4.79 Å². The molecule has 0 bridgehead atoms. The number of ether oxygens (including phenoxy) is 2. The maximum atomic E-state index is 11.6. The minimum absolute atomic E-state index is 0.272. The smallest absolute Gasteiger partial charge is 0.427 e. The second-order valence-corrected chi connectivity index (χ2v) is 4.59. The van der Waals surface area contributed by atoms with Crippen LogP contribution >= 0.6 is 0 Å². The highest BCUT2D eigenvalue weighted by atomic mass is 16.6. The summed E-state index contributed by atoms with van der Waals surface area (Å²) in [6, 6.07) is 10.4. The topological polar surface area (TPSA) is 90.1 Å². The van der Waals surface area contributed by atoms with Crippen LogP contribution in [0, 0.1) is 0 Å². The van der Waals surface area contributed by atoms with Crippen molar-refractivity contribution >= 4 is 18.3 Å². The molecule has 0 aliphatic rings. The Morgan fingerprint density at radius 3 is 2.46 bits per heavy atom. The number of hydrogen-bond donors (Lipinski definition) is 1. The highest BCUT2D eigenvalue weighted by molar-refractivity contribution is 5.90. The van der Waals surface area contributed by atoms with Gasteiger partial charge in [0.2, 0.25) is 0 Å². The molecule has 0 spiro atoms. The Balaban J connectivity index is 2.01. The van der Waals surface area contributed by atoms with E-state index < -0.39 is 6.09 Å². The van der Waals surface area contributed by atoms with Gasteiger partial charge in [0.1, 0.15) is 11.5 Å². The first-order valence-corrected chi connectivity index (χ1v) is 7.47. The number of hydrogen-bond acceptors (Lipinski definition) is 6. The molecule has 0 saturated heterocycles. The van der Waals surface area contributed by atoms with Crippen LogP contribution in [0.15, 0.2) is 45.9 Å². The van der Waals surface area contributed by atoms with Crippen molar-refractivity contribution in [3.63, 3.8) is 0 Å². The average Bonchev–Trinajstić information content (AvgIpc) is 3.04. The molecule has 0 unspecified atom stereocenters. The Kier molecular flexibility index (Phi) is 6.13. The van der Waals surface area contributed by atoms with E-state index in [-0.39, 0.29) is 12.6 Å². The Morgan fingerprint density at radius 1 is 1.08 bits per heavy atom. The number of carbonyl (C=O) groups is 2. The van der Waals surface area contributed by atoms with Gasteiger partial charge in [-0.3, -0.25) is 0 Å². The van der Waals surface area contributed by atoms with Gasteiger partial charge in [0.05, 0.1) is 25.0 Å². The van der Waals surface area contributed by atoms with Gasteiger partial charge in [-0.2, -0.15) is 5.10 Å². The third-order valence-corrected chi connectivity index (χ3v) is 2.93. The standard InChI is InChI=1S/C17H18N2O5/c1-3-22-16(20)13-7-5-12(6-8-13)15-10-9-14(24-15)11-18-19-17(21)23-4-2/h5-11H,3-4H2,1-2H3,(H,19,21)/b18-11-. The van der Waals surface area contributed by atoms with E-state index in [0.29, 0.717) is 23.7 Å². The number of furan rings is 1. The summed E-state index contributed by atoms with van der Waals surface area (Å²) in [5.74, 6) is 0.723. The van der Waals surface area contributed by atoms with Crippen molar-refractivity contribution in [1.29, 1.82) is 0 Å². The molecule has 0 atom stereocenters. The van der Waals surface area contributed by atoms with Crippen molar-refractivity contribution < 1.29 is 23.5 Å². The quantitative estimate of drug-likeness (QED) is 0.499. The molecule has 0 fully saturated rings. The van der Waals surface area contributed by atoms with Gasteiger partial charge in [-0.05, 0) is 38.1 Å². The summed E-state index contributed by atoms with van der Waals surface area (Å²) in [7, 11) is 0. The van der Waals surface area contributed by atoms with Gasteiger partial charge in [0, 0.05) is 5.56 Å². The summed E-state index contributed by atoms with van der Waals surface area (Å²) >= 11 is 0. The number of benzene rings is 1. The molecule has 1 aromatic carbocycles. The minimum atomic E-state index is -0.630. The van der Waals surface area contributed by atoms with E-state index in [1.165, 1.54) is 6.21 Å². The molecule has 1 aromatic heterocycles. The lowest BCUT2D eigenvalue weighted by molar-refractivity contribution is 0.0526. The number of esters is 1. The predicted molar refractivity (Wildman–Crippen MR) is 87.9 cm³/mol. The largest absolute Gasteiger partial charge is 0.462 e. The molecule has 0 aliphatic carbocycles. The molecule has 2 rings (SSSR count). The van der Waals surface area contributed by atoms with Gasteiger partial charge < -0.3 is 13.9 Å². The van der Waals surface area contributed by atoms with Crippen LogP contribution in [0.1, 0.15) is 30.0 Å². The number of nitrogens with one attached hydrogen (secondary N) is 1. The molecule has 1 amide bonds. The Morgan fingerprint density at radius 2 is 1.79 bits per heavy atom. The SMILES string of the molecule is CCOC(=O)N/N=C\c1ccc(-c2ccc(C(=O)OCC)cc2)o1. The monoisotopic (exact) mass is 330 g/mol. The molecule has 126 valence electrons. The van der Waals surface area contributed by atoms with Crippen LogP contribution in [0.3, 0.4) is 0 Å². The van der Waals surface area contributed by atoms with Crippen molar-refractivity contribution in [3.05, 3.63) is 47.7 Å². The molecule has 1 N–H and O–H groups in total. The molecule has 0 saturated carbocycles. The maximum Gasteiger partial charge on any atom is 0.427 e. The number of carbonyl (C=O) groups excluding carboxylic acids is 2. The first kappa shape index (κ1) is 17.3. The first-order chi connectivity index (χ1) is 11.6. The molecule has 7 heteroatoms. The molecule has 1 heterocycles. The van der Waals surface area contributed by atoms with E-state index in [0.717, 1.165) is 5.56 Å². The maximum absolute atomic E-state index is 11.6. The second-order valence-electron chi connectivity index (χ2n) is 4.59. The summed E-state index contributed by atoms with van der Waals surface area (Å²) in [5.41, 5.74) is 3.50. The van der Waals surface area contributed by atoms with E-state index in [9.17, 15) is 9.59 Å². The summed E-state index contributed by atoms with van der Waals surface area (Å²) in [5, 5.41) is 3.72. The normalized spacial score (nSPS) is 10.6.